The van der Waals surface area contributed by atoms with Gasteiger partial charge in [-0.25, -0.2) is 0 Å². The summed E-state index contributed by atoms with van der Waals surface area (Å²) in [6, 6.07) is 0. The number of H-pyrrole nitrogens is 1. The van der Waals surface area contributed by atoms with Crippen molar-refractivity contribution < 1.29 is 9.53 Å². The number of nitrogens with zero attached hydrogens (tertiary/aromatic N) is 4. The molecule has 9 heteroatoms. The summed E-state index contributed by atoms with van der Waals surface area (Å²) in [7, 11) is 1.61. The molecule has 0 aliphatic heterocycles. The van der Waals surface area contributed by atoms with Gasteiger partial charge in [0, 0.05) is 13.3 Å². The van der Waals surface area contributed by atoms with Crippen LogP contribution in [0.4, 0.5) is 11.6 Å². The quantitative estimate of drug-likeness (QED) is 0.657. The number of hydrogen-bond acceptors (Lipinski definition) is 6. The molecule has 0 radical (unpaired) electrons. The number of hydrogen-bond donors (Lipinski definition) is 3. The summed E-state index contributed by atoms with van der Waals surface area (Å²) >= 11 is 0. The normalized spacial score (nSPS) is 10.5. The molecule has 0 atom stereocenters. The fraction of sp³-hybridized carbons (Fsp3) is 0.333. The van der Waals surface area contributed by atoms with E-state index in [9.17, 15) is 4.79 Å². The van der Waals surface area contributed by atoms with Gasteiger partial charge in [-0.2, -0.15) is 10.1 Å². The second kappa shape index (κ2) is 5.27. The van der Waals surface area contributed by atoms with Crippen LogP contribution in [0, 0.1) is 0 Å². The molecule has 2 rings (SSSR count). The number of carbonyl (C=O) groups is 1. The van der Waals surface area contributed by atoms with Crippen LogP contribution in [0.1, 0.15) is 10.6 Å². The van der Waals surface area contributed by atoms with Gasteiger partial charge in [0.25, 0.3) is 5.91 Å². The first-order chi connectivity index (χ1) is 8.69. The van der Waals surface area contributed by atoms with Crippen molar-refractivity contribution in [3.05, 3.63) is 18.2 Å². The molecular formula is C9H13N7O2. The number of nitrogens with one attached hydrogen (secondary N) is 2. The number of nitrogen functional groups attached to an aromatic ring is 1. The number of rotatable bonds is 5. The number of carbonyl (C=O) groups excluding carboxylic acids is 1. The molecule has 2 heterocycles. The molecule has 9 nitrogen and oxygen atoms in total. The average Bonchev–Trinajstić information content (AvgIpc) is 2.96. The molecule has 18 heavy (non-hydrogen) atoms. The van der Waals surface area contributed by atoms with E-state index in [1.807, 2.05) is 0 Å². The van der Waals surface area contributed by atoms with Crippen LogP contribution in [0.3, 0.4) is 0 Å². The van der Waals surface area contributed by atoms with Gasteiger partial charge in [-0.1, -0.05) is 0 Å². The van der Waals surface area contributed by atoms with E-state index in [0.717, 1.165) is 0 Å². The molecule has 0 unspecified atom stereocenters. The zero-order valence-corrected chi connectivity index (χ0v) is 9.75. The molecule has 4 N–H and O–H groups in total. The Kier molecular flexibility index (Phi) is 3.53. The highest BCUT2D eigenvalue weighted by atomic mass is 16.5. The minimum Gasteiger partial charge on any atom is -0.383 e. The average molecular weight is 251 g/mol. The Balaban J connectivity index is 1.97. The largest absolute Gasteiger partial charge is 0.383 e. The SMILES string of the molecule is COCCn1cc(NC(=O)c2nc(N)n[nH]2)cn1. The van der Waals surface area contributed by atoms with Crippen LogP contribution in [0.2, 0.25) is 0 Å². The van der Waals surface area contributed by atoms with Crippen LogP contribution >= 0.6 is 0 Å². The number of amides is 1. The van der Waals surface area contributed by atoms with Gasteiger partial charge >= 0.3 is 0 Å². The van der Waals surface area contributed by atoms with Crippen molar-refractivity contribution in [1.29, 1.82) is 0 Å². The molecule has 0 saturated heterocycles. The predicted octanol–water partition coefficient (Wildman–Crippen LogP) is -0.518. The highest BCUT2D eigenvalue weighted by Crippen LogP contribution is 2.06. The van der Waals surface area contributed by atoms with E-state index in [-0.39, 0.29) is 11.8 Å². The van der Waals surface area contributed by atoms with E-state index in [4.69, 9.17) is 10.5 Å². The summed E-state index contributed by atoms with van der Waals surface area (Å²) in [5.41, 5.74) is 5.87. The Morgan fingerprint density at radius 2 is 2.50 bits per heavy atom. The van der Waals surface area contributed by atoms with E-state index >= 15 is 0 Å². The molecule has 0 bridgehead atoms. The van der Waals surface area contributed by atoms with Crippen LogP contribution in [0.15, 0.2) is 12.4 Å². The summed E-state index contributed by atoms with van der Waals surface area (Å²) in [6.07, 6.45) is 3.23. The highest BCUT2D eigenvalue weighted by Gasteiger charge is 2.11. The minimum absolute atomic E-state index is 0.0240. The summed E-state index contributed by atoms with van der Waals surface area (Å²) in [5.74, 6) is -0.349. The van der Waals surface area contributed by atoms with Gasteiger partial charge in [0.2, 0.25) is 11.8 Å². The number of ether oxygens (including phenoxy) is 1. The number of nitrogens with two attached hydrogens (primary N) is 1. The van der Waals surface area contributed by atoms with E-state index in [2.05, 4.69) is 25.6 Å². The fourth-order valence-corrected chi connectivity index (χ4v) is 1.30. The van der Waals surface area contributed by atoms with E-state index in [0.29, 0.717) is 18.8 Å². The first kappa shape index (κ1) is 12.0. The monoisotopic (exact) mass is 251 g/mol. The number of methoxy groups -OCH3 is 1. The van der Waals surface area contributed by atoms with E-state index in [1.54, 1.807) is 18.0 Å². The van der Waals surface area contributed by atoms with Crippen molar-refractivity contribution in [3.8, 4) is 0 Å². The van der Waals surface area contributed by atoms with Crippen molar-refractivity contribution >= 4 is 17.5 Å². The van der Waals surface area contributed by atoms with Crippen molar-refractivity contribution in [2.45, 2.75) is 6.54 Å². The summed E-state index contributed by atoms with van der Waals surface area (Å²) in [6.45, 7) is 1.16. The lowest BCUT2D eigenvalue weighted by Gasteiger charge is -1.99. The Morgan fingerprint density at radius 1 is 1.67 bits per heavy atom. The van der Waals surface area contributed by atoms with Gasteiger partial charge in [-0.3, -0.25) is 14.6 Å². The third-order valence-electron chi connectivity index (χ3n) is 2.13. The summed E-state index contributed by atoms with van der Waals surface area (Å²) < 4.78 is 6.58. The molecule has 0 fully saturated rings. The molecular weight excluding hydrogens is 238 g/mol. The maximum absolute atomic E-state index is 11.7. The summed E-state index contributed by atoms with van der Waals surface area (Å²) in [4.78, 5) is 15.4. The van der Waals surface area contributed by atoms with Crippen molar-refractivity contribution in [1.82, 2.24) is 25.0 Å². The lowest BCUT2D eigenvalue weighted by atomic mass is 10.5. The standard InChI is InChI=1S/C9H13N7O2/c1-18-3-2-16-5-6(4-11-16)12-8(17)7-13-9(10)15-14-7/h4-5H,2-3H2,1H3,(H,12,17)(H3,10,13,14,15). The Morgan fingerprint density at radius 3 is 3.17 bits per heavy atom. The zero-order chi connectivity index (χ0) is 13.0. The molecule has 0 aliphatic carbocycles. The highest BCUT2D eigenvalue weighted by molar-refractivity contribution is 6.01. The van der Waals surface area contributed by atoms with Gasteiger partial charge in [0.15, 0.2) is 0 Å². The Bertz CT molecular complexity index is 533. The summed E-state index contributed by atoms with van der Waals surface area (Å²) in [5, 5.41) is 12.7. The maximum Gasteiger partial charge on any atom is 0.293 e. The van der Waals surface area contributed by atoms with Gasteiger partial charge < -0.3 is 15.8 Å². The Hall–Kier alpha value is -2.42. The molecule has 96 valence electrons. The second-order valence-corrected chi connectivity index (χ2v) is 3.48. The van der Waals surface area contributed by atoms with Gasteiger partial charge in [-0.15, -0.1) is 5.10 Å². The van der Waals surface area contributed by atoms with Crippen molar-refractivity contribution in [2.75, 3.05) is 24.8 Å². The zero-order valence-electron chi connectivity index (χ0n) is 9.75. The van der Waals surface area contributed by atoms with Crippen molar-refractivity contribution in [2.24, 2.45) is 0 Å². The minimum atomic E-state index is -0.425. The lowest BCUT2D eigenvalue weighted by Crippen LogP contribution is -2.13. The molecule has 0 aromatic carbocycles. The van der Waals surface area contributed by atoms with Crippen LogP contribution < -0.4 is 11.1 Å². The number of aromatic nitrogens is 5. The molecule has 0 saturated carbocycles. The smallest absolute Gasteiger partial charge is 0.293 e. The van der Waals surface area contributed by atoms with Crippen LogP contribution in [0.25, 0.3) is 0 Å². The number of anilines is 2. The topological polar surface area (TPSA) is 124 Å². The first-order valence-corrected chi connectivity index (χ1v) is 5.19. The second-order valence-electron chi connectivity index (χ2n) is 3.48. The third kappa shape index (κ3) is 2.83. The fourth-order valence-electron chi connectivity index (χ4n) is 1.30. The third-order valence-corrected chi connectivity index (χ3v) is 2.13. The van der Waals surface area contributed by atoms with Crippen molar-refractivity contribution in [3.63, 3.8) is 0 Å². The molecule has 0 spiro atoms. The van der Waals surface area contributed by atoms with Crippen LogP contribution in [0.5, 0.6) is 0 Å². The maximum atomic E-state index is 11.7. The molecule has 1 amide bonds. The Labute approximate surface area is 102 Å². The lowest BCUT2D eigenvalue weighted by molar-refractivity contribution is 0.101. The van der Waals surface area contributed by atoms with Gasteiger partial charge in [0.05, 0.1) is 25.0 Å². The number of aromatic amines is 1. The van der Waals surface area contributed by atoms with E-state index in [1.165, 1.54) is 6.20 Å². The van der Waals surface area contributed by atoms with Gasteiger partial charge in [-0.05, 0) is 0 Å². The molecule has 0 aliphatic rings. The van der Waals surface area contributed by atoms with Gasteiger partial charge in [0.1, 0.15) is 0 Å². The van der Waals surface area contributed by atoms with E-state index < -0.39 is 5.91 Å². The van der Waals surface area contributed by atoms with Crippen LogP contribution in [-0.4, -0.2) is 44.6 Å². The predicted molar refractivity (Wildman–Crippen MR) is 62.9 cm³/mol. The molecule has 2 aromatic heterocycles. The first-order valence-electron chi connectivity index (χ1n) is 5.19. The molecule has 2 aromatic rings. The van der Waals surface area contributed by atoms with Crippen LogP contribution in [-0.2, 0) is 11.3 Å².